The fourth-order valence-corrected chi connectivity index (χ4v) is 3.24. The van der Waals surface area contributed by atoms with E-state index < -0.39 is 5.92 Å². The number of likely N-dealkylation sites (tertiary alicyclic amines) is 1. The van der Waals surface area contributed by atoms with Crippen LogP contribution >= 0.6 is 0 Å². The Morgan fingerprint density at radius 2 is 2.20 bits per heavy atom. The number of carbonyl (C=O) groups is 2. The summed E-state index contributed by atoms with van der Waals surface area (Å²) in [5, 5.41) is 12.1. The van der Waals surface area contributed by atoms with Crippen LogP contribution in [0.15, 0.2) is 35.1 Å². The molecule has 25 heavy (non-hydrogen) atoms. The van der Waals surface area contributed by atoms with E-state index in [1.54, 1.807) is 11.9 Å². The summed E-state index contributed by atoms with van der Waals surface area (Å²) in [5.74, 6) is -0.757. The molecule has 7 nitrogen and oxygen atoms in total. The van der Waals surface area contributed by atoms with Crippen LogP contribution in [-0.4, -0.2) is 53.5 Å². The number of nitrogens with zero attached hydrogens (tertiary/aromatic N) is 2. The number of nitrogens with one attached hydrogen (secondary N) is 1. The molecule has 1 aromatic heterocycles. The molecule has 1 aromatic carbocycles. The number of hydrogen-bond acceptors (Lipinski definition) is 5. The number of oxazole rings is 1. The zero-order valence-electron chi connectivity index (χ0n) is 14.2. The third kappa shape index (κ3) is 3.28. The normalized spacial score (nSPS) is 19.9. The average molecular weight is 343 g/mol. The lowest BCUT2D eigenvalue weighted by Gasteiger charge is -2.15. The second-order valence-electron chi connectivity index (χ2n) is 6.27. The van der Waals surface area contributed by atoms with Crippen molar-refractivity contribution >= 4 is 11.8 Å². The number of hydrogen-bond donors (Lipinski definition) is 2. The minimum absolute atomic E-state index is 0.147. The van der Waals surface area contributed by atoms with Gasteiger partial charge >= 0.3 is 0 Å². The molecule has 0 unspecified atom stereocenters. The average Bonchev–Trinajstić information content (AvgIpc) is 3.27. The second kappa shape index (κ2) is 7.06. The van der Waals surface area contributed by atoms with E-state index in [0.717, 1.165) is 11.1 Å². The van der Waals surface area contributed by atoms with Gasteiger partial charge < -0.3 is 19.7 Å². The maximum Gasteiger partial charge on any atom is 0.276 e. The van der Waals surface area contributed by atoms with Crippen LogP contribution in [-0.2, 0) is 4.79 Å². The Labute approximate surface area is 145 Å². The molecule has 1 aliphatic heterocycles. The third-order valence-electron chi connectivity index (χ3n) is 4.60. The SMILES string of the molecule is CNC(=O)[C@@H]1CN(C(=O)c2ncoc2-c2cccc(C)c2)C[C@H]1CO. The fourth-order valence-electron chi connectivity index (χ4n) is 3.24. The lowest BCUT2D eigenvalue weighted by molar-refractivity contribution is -0.125. The van der Waals surface area contributed by atoms with Gasteiger partial charge in [0.05, 0.1) is 5.92 Å². The number of rotatable bonds is 4. The topological polar surface area (TPSA) is 95.7 Å². The van der Waals surface area contributed by atoms with E-state index in [4.69, 9.17) is 4.42 Å². The molecule has 0 spiro atoms. The Bertz CT molecular complexity index is 786. The van der Waals surface area contributed by atoms with Crippen LogP contribution in [0, 0.1) is 18.8 Å². The van der Waals surface area contributed by atoms with E-state index >= 15 is 0 Å². The molecular weight excluding hydrogens is 322 g/mol. The first kappa shape index (κ1) is 17.2. The molecule has 0 aliphatic carbocycles. The van der Waals surface area contributed by atoms with E-state index in [1.165, 1.54) is 6.39 Å². The van der Waals surface area contributed by atoms with Gasteiger partial charge in [0.25, 0.3) is 5.91 Å². The predicted molar refractivity (Wildman–Crippen MR) is 90.7 cm³/mol. The first-order chi connectivity index (χ1) is 12.0. The highest BCUT2D eigenvalue weighted by Crippen LogP contribution is 2.29. The maximum absolute atomic E-state index is 12.9. The second-order valence-corrected chi connectivity index (χ2v) is 6.27. The van der Waals surface area contributed by atoms with Crippen LogP contribution in [0.3, 0.4) is 0 Å². The fraction of sp³-hybridized carbons (Fsp3) is 0.389. The van der Waals surface area contributed by atoms with Gasteiger partial charge in [0, 0.05) is 38.2 Å². The maximum atomic E-state index is 12.9. The lowest BCUT2D eigenvalue weighted by atomic mass is 9.96. The van der Waals surface area contributed by atoms with Gasteiger partial charge in [-0.1, -0.05) is 23.8 Å². The van der Waals surface area contributed by atoms with Crippen LogP contribution in [0.25, 0.3) is 11.3 Å². The molecule has 132 valence electrons. The molecule has 2 aromatic rings. The molecule has 1 aliphatic rings. The summed E-state index contributed by atoms with van der Waals surface area (Å²) < 4.78 is 5.45. The first-order valence-corrected chi connectivity index (χ1v) is 8.17. The highest BCUT2D eigenvalue weighted by atomic mass is 16.3. The van der Waals surface area contributed by atoms with E-state index in [-0.39, 0.29) is 36.6 Å². The van der Waals surface area contributed by atoms with Gasteiger partial charge in [0.15, 0.2) is 17.8 Å². The number of aryl methyl sites for hydroxylation is 1. The minimum atomic E-state index is -0.423. The van der Waals surface area contributed by atoms with Crippen LogP contribution in [0.1, 0.15) is 16.1 Å². The molecule has 7 heteroatoms. The van der Waals surface area contributed by atoms with Crippen LogP contribution < -0.4 is 5.32 Å². The van der Waals surface area contributed by atoms with Gasteiger partial charge in [-0.25, -0.2) is 4.98 Å². The minimum Gasteiger partial charge on any atom is -0.443 e. The number of aliphatic hydroxyl groups is 1. The van der Waals surface area contributed by atoms with E-state index in [2.05, 4.69) is 10.3 Å². The summed E-state index contributed by atoms with van der Waals surface area (Å²) in [6.07, 6.45) is 1.25. The van der Waals surface area contributed by atoms with Crippen molar-refractivity contribution in [1.82, 2.24) is 15.2 Å². The van der Waals surface area contributed by atoms with Crippen molar-refractivity contribution in [1.29, 1.82) is 0 Å². The molecule has 2 heterocycles. The highest BCUT2D eigenvalue weighted by Gasteiger charge is 2.40. The molecule has 1 saturated heterocycles. The molecule has 2 amide bonds. The summed E-state index contributed by atoms with van der Waals surface area (Å²) in [6.45, 7) is 2.38. The van der Waals surface area contributed by atoms with Crippen LogP contribution in [0.4, 0.5) is 0 Å². The number of benzene rings is 1. The van der Waals surface area contributed by atoms with Gasteiger partial charge in [-0.05, 0) is 13.0 Å². The van der Waals surface area contributed by atoms with Gasteiger partial charge in [0.1, 0.15) is 0 Å². The van der Waals surface area contributed by atoms with Crippen molar-refractivity contribution in [3.63, 3.8) is 0 Å². The molecule has 0 saturated carbocycles. The molecule has 2 atom stereocenters. The summed E-state index contributed by atoms with van der Waals surface area (Å²) in [6, 6.07) is 7.63. The molecular formula is C18H21N3O4. The predicted octanol–water partition coefficient (Wildman–Crippen LogP) is 1.08. The number of aromatic nitrogens is 1. The van der Waals surface area contributed by atoms with Crippen molar-refractivity contribution in [2.24, 2.45) is 11.8 Å². The standard InChI is InChI=1S/C18H21N3O4/c1-11-4-3-5-12(6-11)16-15(20-10-25-16)18(24)21-7-13(9-22)14(8-21)17(23)19-2/h3-6,10,13-14,22H,7-9H2,1-2H3,(H,19,23)/t13-,14+/m0/s1. The summed E-state index contributed by atoms with van der Waals surface area (Å²) in [4.78, 5) is 30.5. The summed E-state index contributed by atoms with van der Waals surface area (Å²) in [5.41, 5.74) is 2.05. The molecule has 1 fully saturated rings. The van der Waals surface area contributed by atoms with E-state index in [0.29, 0.717) is 12.3 Å². The summed E-state index contributed by atoms with van der Waals surface area (Å²) in [7, 11) is 1.55. The van der Waals surface area contributed by atoms with Gasteiger partial charge in [-0.15, -0.1) is 0 Å². The zero-order chi connectivity index (χ0) is 18.0. The van der Waals surface area contributed by atoms with Gasteiger partial charge in [-0.3, -0.25) is 9.59 Å². The van der Waals surface area contributed by atoms with Gasteiger partial charge in [-0.2, -0.15) is 0 Å². The van der Waals surface area contributed by atoms with Crippen molar-refractivity contribution in [3.8, 4) is 11.3 Å². The quantitative estimate of drug-likeness (QED) is 0.866. The zero-order valence-corrected chi connectivity index (χ0v) is 14.2. The van der Waals surface area contributed by atoms with Crippen molar-refractivity contribution in [2.75, 3.05) is 26.7 Å². The molecule has 3 rings (SSSR count). The van der Waals surface area contributed by atoms with Crippen molar-refractivity contribution in [3.05, 3.63) is 41.9 Å². The summed E-state index contributed by atoms with van der Waals surface area (Å²) >= 11 is 0. The lowest BCUT2D eigenvalue weighted by Crippen LogP contribution is -2.34. The van der Waals surface area contributed by atoms with E-state index in [1.807, 2.05) is 31.2 Å². The Kier molecular flexibility index (Phi) is 4.85. The Hall–Kier alpha value is -2.67. The number of amides is 2. The smallest absolute Gasteiger partial charge is 0.276 e. The largest absolute Gasteiger partial charge is 0.443 e. The van der Waals surface area contributed by atoms with Crippen LogP contribution in [0.2, 0.25) is 0 Å². The number of carbonyl (C=O) groups excluding carboxylic acids is 2. The van der Waals surface area contributed by atoms with Crippen molar-refractivity contribution < 1.29 is 19.1 Å². The molecule has 0 bridgehead atoms. The first-order valence-electron chi connectivity index (χ1n) is 8.17. The van der Waals surface area contributed by atoms with Crippen molar-refractivity contribution in [2.45, 2.75) is 6.92 Å². The monoisotopic (exact) mass is 343 g/mol. The Morgan fingerprint density at radius 3 is 2.88 bits per heavy atom. The Balaban J connectivity index is 1.86. The Morgan fingerprint density at radius 1 is 1.40 bits per heavy atom. The highest BCUT2D eigenvalue weighted by molar-refractivity contribution is 5.98. The van der Waals surface area contributed by atoms with E-state index in [9.17, 15) is 14.7 Å². The van der Waals surface area contributed by atoms with Crippen LogP contribution in [0.5, 0.6) is 0 Å². The third-order valence-corrected chi connectivity index (χ3v) is 4.60. The van der Waals surface area contributed by atoms with Gasteiger partial charge in [0.2, 0.25) is 5.91 Å². The molecule has 0 radical (unpaired) electrons. The molecule has 2 N–H and O–H groups in total. The number of aliphatic hydroxyl groups excluding tert-OH is 1.